The molecule has 0 aliphatic carbocycles. The van der Waals surface area contributed by atoms with Crippen LogP contribution >= 0.6 is 0 Å². The molecule has 0 aromatic heterocycles. The van der Waals surface area contributed by atoms with Gasteiger partial charge in [0, 0.05) is 24.3 Å². The number of carbonyl (C=O) groups excluding carboxylic acids is 2. The van der Waals surface area contributed by atoms with Crippen LogP contribution in [0.3, 0.4) is 0 Å². The van der Waals surface area contributed by atoms with Crippen molar-refractivity contribution in [1.82, 2.24) is 0 Å². The molecule has 128 valence electrons. The summed E-state index contributed by atoms with van der Waals surface area (Å²) in [6.07, 6.45) is 0.216. The van der Waals surface area contributed by atoms with E-state index in [-0.39, 0.29) is 12.3 Å². The van der Waals surface area contributed by atoms with Crippen LogP contribution in [0.15, 0.2) is 48.5 Å². The van der Waals surface area contributed by atoms with Crippen molar-refractivity contribution in [2.24, 2.45) is 0 Å². The first-order chi connectivity index (χ1) is 12.1. The highest BCUT2D eigenvalue weighted by Gasteiger charge is 2.11. The molecule has 0 atom stereocenters. The summed E-state index contributed by atoms with van der Waals surface area (Å²) in [6, 6.07) is 15.7. The van der Waals surface area contributed by atoms with Gasteiger partial charge in [0.05, 0.1) is 23.8 Å². The Hall–Kier alpha value is -3.33. The van der Waals surface area contributed by atoms with Gasteiger partial charge in [0.2, 0.25) is 5.91 Å². The number of hydrogen-bond acceptors (Lipinski definition) is 5. The molecule has 2 N–H and O–H groups in total. The predicted octanol–water partition coefficient (Wildman–Crippen LogP) is 3.18. The summed E-state index contributed by atoms with van der Waals surface area (Å²) in [7, 11) is 0. The van der Waals surface area contributed by atoms with Crippen LogP contribution in [0.5, 0.6) is 0 Å². The Morgan fingerprint density at radius 1 is 1.16 bits per heavy atom. The zero-order valence-electron chi connectivity index (χ0n) is 13.9. The highest BCUT2D eigenvalue weighted by Crippen LogP contribution is 2.16. The van der Waals surface area contributed by atoms with E-state index in [0.717, 1.165) is 0 Å². The molecule has 1 amide bonds. The van der Waals surface area contributed by atoms with Crippen LogP contribution < -0.4 is 10.6 Å². The topological polar surface area (TPSA) is 91.2 Å². The number of nitrogens with one attached hydrogen (secondary N) is 2. The van der Waals surface area contributed by atoms with E-state index in [1.54, 1.807) is 55.5 Å². The van der Waals surface area contributed by atoms with Crippen molar-refractivity contribution in [2.45, 2.75) is 13.3 Å². The third-order valence-electron chi connectivity index (χ3n) is 3.37. The molecule has 0 saturated carbocycles. The standard InChI is InChI=1S/C19H19N3O3/c1-2-25-19(24)16-8-3-4-9-17(16)21-11-10-18(23)22-15-7-5-6-14(12-15)13-20/h3-9,12,21H,2,10-11H2,1H3,(H,22,23). The maximum Gasteiger partial charge on any atom is 0.340 e. The Labute approximate surface area is 146 Å². The van der Waals surface area contributed by atoms with E-state index in [1.165, 1.54) is 0 Å². The number of nitriles is 1. The Morgan fingerprint density at radius 3 is 2.72 bits per heavy atom. The number of rotatable bonds is 7. The molecule has 2 rings (SSSR count). The van der Waals surface area contributed by atoms with E-state index in [1.807, 2.05) is 6.07 Å². The second-order valence-corrected chi connectivity index (χ2v) is 5.18. The van der Waals surface area contributed by atoms with Crippen LogP contribution in [0.25, 0.3) is 0 Å². The number of para-hydroxylation sites is 1. The number of carbonyl (C=O) groups is 2. The zero-order valence-corrected chi connectivity index (χ0v) is 13.9. The smallest absolute Gasteiger partial charge is 0.340 e. The molecule has 0 aliphatic heterocycles. The lowest BCUT2D eigenvalue weighted by Crippen LogP contribution is -2.17. The number of esters is 1. The summed E-state index contributed by atoms with van der Waals surface area (Å²) in [4.78, 5) is 23.9. The van der Waals surface area contributed by atoms with Crippen molar-refractivity contribution in [1.29, 1.82) is 5.26 Å². The Bertz CT molecular complexity index is 796. The summed E-state index contributed by atoms with van der Waals surface area (Å²) in [5, 5.41) is 14.7. The van der Waals surface area contributed by atoms with Crippen LogP contribution in [-0.2, 0) is 9.53 Å². The molecular formula is C19H19N3O3. The highest BCUT2D eigenvalue weighted by molar-refractivity contribution is 5.96. The average molecular weight is 337 g/mol. The SMILES string of the molecule is CCOC(=O)c1ccccc1NCCC(=O)Nc1cccc(C#N)c1. The number of nitrogens with zero attached hydrogens (tertiary/aromatic N) is 1. The highest BCUT2D eigenvalue weighted by atomic mass is 16.5. The van der Waals surface area contributed by atoms with E-state index >= 15 is 0 Å². The van der Waals surface area contributed by atoms with Crippen molar-refractivity contribution >= 4 is 23.3 Å². The Kier molecular flexibility index (Phi) is 6.55. The fraction of sp³-hybridized carbons (Fsp3) is 0.211. The van der Waals surface area contributed by atoms with Crippen LogP contribution in [0.1, 0.15) is 29.3 Å². The first-order valence-electron chi connectivity index (χ1n) is 7.94. The van der Waals surface area contributed by atoms with Crippen molar-refractivity contribution in [3.05, 3.63) is 59.7 Å². The van der Waals surface area contributed by atoms with E-state index < -0.39 is 5.97 Å². The molecule has 0 spiro atoms. The summed E-state index contributed by atoms with van der Waals surface area (Å²) >= 11 is 0. The van der Waals surface area contributed by atoms with Crippen molar-refractivity contribution in [2.75, 3.05) is 23.8 Å². The molecule has 0 aliphatic rings. The molecule has 6 heteroatoms. The minimum Gasteiger partial charge on any atom is -0.462 e. The molecule has 0 fully saturated rings. The minimum atomic E-state index is -0.400. The summed E-state index contributed by atoms with van der Waals surface area (Å²) < 4.78 is 5.01. The van der Waals surface area contributed by atoms with Gasteiger partial charge in [-0.1, -0.05) is 18.2 Å². The van der Waals surface area contributed by atoms with Gasteiger partial charge in [-0.15, -0.1) is 0 Å². The van der Waals surface area contributed by atoms with Crippen molar-refractivity contribution in [3.8, 4) is 6.07 Å². The van der Waals surface area contributed by atoms with Crippen molar-refractivity contribution < 1.29 is 14.3 Å². The third kappa shape index (κ3) is 5.36. The van der Waals surface area contributed by atoms with Gasteiger partial charge < -0.3 is 15.4 Å². The minimum absolute atomic E-state index is 0.184. The molecule has 2 aromatic carbocycles. The van der Waals surface area contributed by atoms with Gasteiger partial charge in [0.25, 0.3) is 0 Å². The fourth-order valence-electron chi connectivity index (χ4n) is 2.22. The molecule has 0 bridgehead atoms. The Morgan fingerprint density at radius 2 is 1.96 bits per heavy atom. The molecule has 0 radical (unpaired) electrons. The van der Waals surface area contributed by atoms with Gasteiger partial charge in [-0.25, -0.2) is 4.79 Å². The summed E-state index contributed by atoms with van der Waals surface area (Å²) in [5.74, 6) is -0.584. The number of anilines is 2. The fourth-order valence-corrected chi connectivity index (χ4v) is 2.22. The molecule has 0 saturated heterocycles. The van der Waals surface area contributed by atoms with Crippen molar-refractivity contribution in [3.63, 3.8) is 0 Å². The normalized spacial score (nSPS) is 9.76. The third-order valence-corrected chi connectivity index (χ3v) is 3.37. The zero-order chi connectivity index (χ0) is 18.1. The molecular weight excluding hydrogens is 318 g/mol. The van der Waals surface area contributed by atoms with Gasteiger partial charge in [-0.05, 0) is 37.3 Å². The van der Waals surface area contributed by atoms with Crippen LogP contribution in [0.4, 0.5) is 11.4 Å². The lowest BCUT2D eigenvalue weighted by Gasteiger charge is -2.11. The summed E-state index contributed by atoms with van der Waals surface area (Å²) in [6.45, 7) is 2.41. The number of benzene rings is 2. The van der Waals surface area contributed by atoms with Gasteiger partial charge in [0.15, 0.2) is 0 Å². The maximum absolute atomic E-state index is 12.0. The largest absolute Gasteiger partial charge is 0.462 e. The lowest BCUT2D eigenvalue weighted by atomic mass is 10.1. The molecule has 2 aromatic rings. The average Bonchev–Trinajstić information content (AvgIpc) is 2.62. The first-order valence-corrected chi connectivity index (χ1v) is 7.94. The number of amides is 1. The van der Waals surface area contributed by atoms with Crippen LogP contribution in [0, 0.1) is 11.3 Å². The predicted molar refractivity (Wildman–Crippen MR) is 95.3 cm³/mol. The van der Waals surface area contributed by atoms with Crippen LogP contribution in [-0.4, -0.2) is 25.0 Å². The molecule has 0 unspecified atom stereocenters. The number of ether oxygens (including phenoxy) is 1. The van der Waals surface area contributed by atoms with E-state index in [0.29, 0.717) is 35.7 Å². The lowest BCUT2D eigenvalue weighted by molar-refractivity contribution is -0.115. The molecule has 6 nitrogen and oxygen atoms in total. The second-order valence-electron chi connectivity index (χ2n) is 5.18. The van der Waals surface area contributed by atoms with Gasteiger partial charge in [-0.2, -0.15) is 5.26 Å². The van der Waals surface area contributed by atoms with Gasteiger partial charge >= 0.3 is 5.97 Å². The quantitative estimate of drug-likeness (QED) is 0.757. The second kappa shape index (κ2) is 9.08. The van der Waals surface area contributed by atoms with E-state index in [9.17, 15) is 9.59 Å². The number of hydrogen-bond donors (Lipinski definition) is 2. The van der Waals surface area contributed by atoms with E-state index in [4.69, 9.17) is 10.00 Å². The maximum atomic E-state index is 12.0. The first kappa shape index (κ1) is 18.0. The molecule has 25 heavy (non-hydrogen) atoms. The van der Waals surface area contributed by atoms with Gasteiger partial charge in [-0.3, -0.25) is 4.79 Å². The molecule has 0 heterocycles. The van der Waals surface area contributed by atoms with Gasteiger partial charge in [0.1, 0.15) is 0 Å². The summed E-state index contributed by atoms with van der Waals surface area (Å²) in [5.41, 5.74) is 2.13. The Balaban J connectivity index is 1.89. The van der Waals surface area contributed by atoms with Crippen LogP contribution in [0.2, 0.25) is 0 Å². The monoisotopic (exact) mass is 337 g/mol. The van der Waals surface area contributed by atoms with E-state index in [2.05, 4.69) is 10.6 Å².